The first-order valence-electron chi connectivity index (χ1n) is 5.61. The quantitative estimate of drug-likeness (QED) is 0.680. The van der Waals surface area contributed by atoms with Gasteiger partial charge in [-0.05, 0) is 17.7 Å². The maximum atomic E-state index is 11.7. The van der Waals surface area contributed by atoms with Crippen LogP contribution < -0.4 is 0 Å². The van der Waals surface area contributed by atoms with Gasteiger partial charge in [0.2, 0.25) is 0 Å². The molecule has 3 nitrogen and oxygen atoms in total. The number of fused-ring (bicyclic) bond motifs is 1. The van der Waals surface area contributed by atoms with Crippen LogP contribution in [0.3, 0.4) is 0 Å². The molecule has 18 heavy (non-hydrogen) atoms. The number of carbonyl (C=O) groups excluding carboxylic acids is 1. The minimum atomic E-state index is -0.231. The van der Waals surface area contributed by atoms with Crippen LogP contribution in [-0.2, 0) is 0 Å². The Morgan fingerprint density at radius 2 is 1.78 bits per heavy atom. The van der Waals surface area contributed by atoms with E-state index in [0.717, 1.165) is 16.8 Å². The highest BCUT2D eigenvalue weighted by Gasteiger charge is 2.22. The smallest absolute Gasteiger partial charge is 0.267 e. The van der Waals surface area contributed by atoms with Crippen molar-refractivity contribution in [3.63, 3.8) is 0 Å². The Labute approximate surface area is 105 Å². The molecule has 0 aromatic heterocycles. The van der Waals surface area contributed by atoms with E-state index in [-0.39, 0.29) is 5.91 Å². The second-order valence-corrected chi connectivity index (χ2v) is 4.03. The summed E-state index contributed by atoms with van der Waals surface area (Å²) in [5.74, 6) is 0.234. The molecule has 0 atom stereocenters. The van der Waals surface area contributed by atoms with E-state index in [9.17, 15) is 4.79 Å². The molecule has 0 radical (unpaired) electrons. The topological polar surface area (TPSA) is 41.8 Å². The zero-order chi connectivity index (χ0) is 12.5. The lowest BCUT2D eigenvalue weighted by molar-refractivity contribution is 0.101. The first-order chi connectivity index (χ1) is 8.75. The number of rotatable bonds is 0. The van der Waals surface area contributed by atoms with E-state index in [1.807, 2.05) is 42.5 Å². The van der Waals surface area contributed by atoms with Crippen LogP contribution in [0.5, 0.6) is 0 Å². The Hall–Kier alpha value is -2.55. The van der Waals surface area contributed by atoms with E-state index < -0.39 is 0 Å². The summed E-state index contributed by atoms with van der Waals surface area (Å²) in [5.41, 5.74) is 2.95. The molecule has 86 valence electrons. The van der Waals surface area contributed by atoms with E-state index in [4.69, 9.17) is 0 Å². The van der Waals surface area contributed by atoms with Crippen molar-refractivity contribution in [2.75, 3.05) is 0 Å². The second kappa shape index (κ2) is 4.04. The highest BCUT2D eigenvalue weighted by atomic mass is 16.1. The molecule has 1 aromatic carbocycles. The Morgan fingerprint density at radius 3 is 2.56 bits per heavy atom. The summed E-state index contributed by atoms with van der Waals surface area (Å²) in [6.45, 7) is 3.90. The number of amides is 1. The van der Waals surface area contributed by atoms with E-state index in [1.54, 1.807) is 6.07 Å². The summed E-state index contributed by atoms with van der Waals surface area (Å²) in [7, 11) is 0. The van der Waals surface area contributed by atoms with Gasteiger partial charge in [0, 0.05) is 5.56 Å². The lowest BCUT2D eigenvalue weighted by Crippen LogP contribution is -2.04. The fourth-order valence-corrected chi connectivity index (χ4v) is 1.90. The average Bonchev–Trinajstić information content (AvgIpc) is 2.70. The van der Waals surface area contributed by atoms with E-state index in [0.29, 0.717) is 11.4 Å². The van der Waals surface area contributed by atoms with Crippen molar-refractivity contribution in [2.24, 2.45) is 9.98 Å². The van der Waals surface area contributed by atoms with Gasteiger partial charge in [-0.2, -0.15) is 4.99 Å². The lowest BCUT2D eigenvalue weighted by Gasteiger charge is -2.04. The molecule has 1 amide bonds. The zero-order valence-electron chi connectivity index (χ0n) is 9.63. The third-order valence-corrected chi connectivity index (χ3v) is 2.82. The Balaban J connectivity index is 2.06. The van der Waals surface area contributed by atoms with Crippen molar-refractivity contribution >= 4 is 17.5 Å². The first kappa shape index (κ1) is 10.6. The van der Waals surface area contributed by atoms with Gasteiger partial charge >= 0.3 is 0 Å². The van der Waals surface area contributed by atoms with Gasteiger partial charge in [-0.25, -0.2) is 4.99 Å². The van der Waals surface area contributed by atoms with Crippen LogP contribution in [0.4, 0.5) is 0 Å². The van der Waals surface area contributed by atoms with Gasteiger partial charge in [-0.1, -0.05) is 43.0 Å². The summed E-state index contributed by atoms with van der Waals surface area (Å²) in [6, 6.07) is 7.32. The molecule has 0 spiro atoms. The first-order valence-corrected chi connectivity index (χ1v) is 5.61. The van der Waals surface area contributed by atoms with Crippen LogP contribution >= 0.6 is 0 Å². The third-order valence-electron chi connectivity index (χ3n) is 2.82. The summed E-state index contributed by atoms with van der Waals surface area (Å²) in [5, 5.41) is 0. The molecule has 3 rings (SSSR count). The summed E-state index contributed by atoms with van der Waals surface area (Å²) < 4.78 is 0. The number of aliphatic imine (C=N–C) groups is 2. The minimum Gasteiger partial charge on any atom is -0.267 e. The molecule has 0 fully saturated rings. The van der Waals surface area contributed by atoms with Crippen molar-refractivity contribution in [1.82, 2.24) is 0 Å². The largest absolute Gasteiger partial charge is 0.279 e. The van der Waals surface area contributed by atoms with E-state index in [1.165, 1.54) is 0 Å². The van der Waals surface area contributed by atoms with E-state index >= 15 is 0 Å². The number of hydrogen-bond acceptors (Lipinski definition) is 2. The maximum absolute atomic E-state index is 11.7. The van der Waals surface area contributed by atoms with Gasteiger partial charge in [0.05, 0.1) is 11.3 Å². The predicted octanol–water partition coefficient (Wildman–Crippen LogP) is 2.71. The Kier molecular flexibility index (Phi) is 2.38. The van der Waals surface area contributed by atoms with Crippen LogP contribution in [0.25, 0.3) is 0 Å². The zero-order valence-corrected chi connectivity index (χ0v) is 9.63. The number of benzene rings is 1. The highest BCUT2D eigenvalue weighted by molar-refractivity contribution is 6.26. The molecule has 1 heterocycles. The predicted molar refractivity (Wildman–Crippen MR) is 72.2 cm³/mol. The van der Waals surface area contributed by atoms with E-state index in [2.05, 4.69) is 16.6 Å². The van der Waals surface area contributed by atoms with Gasteiger partial charge in [0.1, 0.15) is 0 Å². The fraction of sp³-hybridized carbons (Fsp3) is 0. The van der Waals surface area contributed by atoms with Gasteiger partial charge in [-0.15, -0.1) is 0 Å². The van der Waals surface area contributed by atoms with Crippen LogP contribution in [0.15, 0.2) is 70.7 Å². The van der Waals surface area contributed by atoms with Crippen molar-refractivity contribution in [1.29, 1.82) is 0 Å². The molecular weight excluding hydrogens is 224 g/mol. The molecule has 2 aliphatic rings. The standard InChI is InChI=1S/C15H10N2O/c1-10-6-2-5-9-13(10)16-14-11-7-3-4-8-12(11)15(18)17-14/h2-9H,1H2. The number of amidine groups is 1. The molecule has 0 unspecified atom stereocenters. The second-order valence-electron chi connectivity index (χ2n) is 4.03. The molecule has 3 heteroatoms. The van der Waals surface area contributed by atoms with Crippen molar-refractivity contribution < 1.29 is 4.79 Å². The summed E-state index contributed by atoms with van der Waals surface area (Å²) in [4.78, 5) is 20.1. The summed E-state index contributed by atoms with van der Waals surface area (Å²) in [6.07, 6.45) is 7.52. The fourth-order valence-electron chi connectivity index (χ4n) is 1.90. The SMILES string of the molecule is C=C1C=CC=CC1=NC1=NC(=O)c2ccccc21. The molecule has 1 aromatic rings. The molecule has 0 N–H and O–H groups in total. The number of allylic oxidation sites excluding steroid dienone is 5. The van der Waals surface area contributed by atoms with Crippen molar-refractivity contribution in [3.8, 4) is 0 Å². The molecule has 1 aliphatic heterocycles. The van der Waals surface area contributed by atoms with Crippen LogP contribution in [0, 0.1) is 0 Å². The average molecular weight is 234 g/mol. The monoisotopic (exact) mass is 234 g/mol. The molecular formula is C15H10N2O. The molecule has 0 saturated heterocycles. The number of carbonyl (C=O) groups is 1. The van der Waals surface area contributed by atoms with Gasteiger partial charge in [0.25, 0.3) is 5.91 Å². The van der Waals surface area contributed by atoms with Gasteiger partial charge in [0.15, 0.2) is 5.84 Å². The van der Waals surface area contributed by atoms with Crippen LogP contribution in [0.2, 0.25) is 0 Å². The lowest BCUT2D eigenvalue weighted by atomic mass is 10.1. The Morgan fingerprint density at radius 1 is 1.06 bits per heavy atom. The van der Waals surface area contributed by atoms with Crippen molar-refractivity contribution in [3.05, 3.63) is 71.8 Å². The minimum absolute atomic E-state index is 0.231. The maximum Gasteiger partial charge on any atom is 0.279 e. The van der Waals surface area contributed by atoms with Gasteiger partial charge in [-0.3, -0.25) is 4.79 Å². The number of hydrogen-bond donors (Lipinski definition) is 0. The Bertz CT molecular complexity index is 675. The molecule has 1 aliphatic carbocycles. The highest BCUT2D eigenvalue weighted by Crippen LogP contribution is 2.20. The van der Waals surface area contributed by atoms with Gasteiger partial charge < -0.3 is 0 Å². The molecule has 0 saturated carbocycles. The number of nitrogens with zero attached hydrogens (tertiary/aromatic N) is 2. The summed E-state index contributed by atoms with van der Waals surface area (Å²) >= 11 is 0. The third kappa shape index (κ3) is 1.66. The van der Waals surface area contributed by atoms with Crippen LogP contribution in [0.1, 0.15) is 15.9 Å². The van der Waals surface area contributed by atoms with Crippen molar-refractivity contribution in [2.45, 2.75) is 0 Å². The van der Waals surface area contributed by atoms with Crippen LogP contribution in [-0.4, -0.2) is 17.5 Å². The normalized spacial score (nSPS) is 19.3. The molecule has 0 bridgehead atoms.